The maximum absolute atomic E-state index is 12.4. The van der Waals surface area contributed by atoms with Crippen LogP contribution in [0.4, 0.5) is 4.79 Å². The number of carbonyl (C=O) groups is 1. The Morgan fingerprint density at radius 2 is 1.34 bits per heavy atom. The molecule has 0 bridgehead atoms. The number of nitrogens with zero attached hydrogens (tertiary/aromatic N) is 3. The second-order valence-corrected chi connectivity index (χ2v) is 7.83. The van der Waals surface area contributed by atoms with E-state index in [1.165, 1.54) is 4.90 Å². The number of hydrogen-bond acceptors (Lipinski definition) is 4. The molecule has 3 rings (SSSR count). The van der Waals surface area contributed by atoms with Crippen molar-refractivity contribution in [3.8, 4) is 0 Å². The summed E-state index contributed by atoms with van der Waals surface area (Å²) in [5, 5.41) is 22.4. The second-order valence-electron chi connectivity index (χ2n) is 7.83. The maximum Gasteiger partial charge on any atom is 0.408 e. The van der Waals surface area contributed by atoms with Crippen LogP contribution in [0.1, 0.15) is 43.8 Å². The quantitative estimate of drug-likeness (QED) is 0.680. The number of aromatic nitrogens is 2. The van der Waals surface area contributed by atoms with Crippen molar-refractivity contribution in [2.75, 3.05) is 0 Å². The van der Waals surface area contributed by atoms with E-state index < -0.39 is 23.3 Å². The standard InChI is InChI=1S/C23H25N3O3/c1-22(2,3)26(21(27)28)20(17-11-5-4-6-12-17)23(29,18-13-7-9-15-24-18)19-14-8-10-16-25-19/h4-16,20,29H,1-3H3,(H,27,28). The average Bonchev–Trinajstić information content (AvgIpc) is 2.72. The van der Waals surface area contributed by atoms with Gasteiger partial charge in [-0.1, -0.05) is 42.5 Å². The minimum absolute atomic E-state index is 0.322. The highest BCUT2D eigenvalue weighted by molar-refractivity contribution is 5.67. The molecule has 0 spiro atoms. The summed E-state index contributed by atoms with van der Waals surface area (Å²) in [6, 6.07) is 18.5. The molecule has 2 N–H and O–H groups in total. The largest absolute Gasteiger partial charge is 0.465 e. The Morgan fingerprint density at radius 1 is 0.862 bits per heavy atom. The third kappa shape index (κ3) is 3.98. The van der Waals surface area contributed by atoms with Gasteiger partial charge in [0.2, 0.25) is 0 Å². The third-order valence-electron chi connectivity index (χ3n) is 4.81. The van der Waals surface area contributed by atoms with Crippen LogP contribution < -0.4 is 0 Å². The van der Waals surface area contributed by atoms with E-state index in [4.69, 9.17) is 0 Å². The highest BCUT2D eigenvalue weighted by Gasteiger charge is 2.51. The molecule has 150 valence electrons. The zero-order valence-corrected chi connectivity index (χ0v) is 16.7. The van der Waals surface area contributed by atoms with Crippen molar-refractivity contribution < 1.29 is 15.0 Å². The first-order valence-electron chi connectivity index (χ1n) is 9.39. The number of amides is 1. The fourth-order valence-corrected chi connectivity index (χ4v) is 3.58. The van der Waals surface area contributed by atoms with Crippen molar-refractivity contribution in [2.24, 2.45) is 0 Å². The van der Waals surface area contributed by atoms with Gasteiger partial charge >= 0.3 is 6.09 Å². The van der Waals surface area contributed by atoms with E-state index in [1.54, 1.807) is 69.6 Å². The summed E-state index contributed by atoms with van der Waals surface area (Å²) < 4.78 is 0. The van der Waals surface area contributed by atoms with Crippen molar-refractivity contribution >= 4 is 6.09 Å². The molecule has 0 aliphatic carbocycles. The molecular formula is C23H25N3O3. The fraction of sp³-hybridized carbons (Fsp3) is 0.261. The van der Waals surface area contributed by atoms with E-state index in [9.17, 15) is 15.0 Å². The predicted octanol–water partition coefficient (Wildman–Crippen LogP) is 4.23. The van der Waals surface area contributed by atoms with Gasteiger partial charge in [0, 0.05) is 17.9 Å². The Hall–Kier alpha value is -3.25. The van der Waals surface area contributed by atoms with Crippen LogP contribution in [0.15, 0.2) is 79.1 Å². The van der Waals surface area contributed by atoms with Gasteiger partial charge in [-0.15, -0.1) is 0 Å². The summed E-state index contributed by atoms with van der Waals surface area (Å²) in [5.74, 6) is 0. The van der Waals surface area contributed by atoms with E-state index >= 15 is 0 Å². The molecule has 2 heterocycles. The minimum atomic E-state index is -1.81. The summed E-state index contributed by atoms with van der Waals surface area (Å²) in [6.45, 7) is 5.40. The minimum Gasteiger partial charge on any atom is -0.465 e. The smallest absolute Gasteiger partial charge is 0.408 e. The molecular weight excluding hydrogens is 366 g/mol. The van der Waals surface area contributed by atoms with Crippen molar-refractivity contribution in [1.29, 1.82) is 0 Å². The molecule has 6 nitrogen and oxygen atoms in total. The molecule has 6 heteroatoms. The summed E-state index contributed by atoms with van der Waals surface area (Å²) in [6.07, 6.45) is 2.01. The summed E-state index contributed by atoms with van der Waals surface area (Å²) in [7, 11) is 0. The Morgan fingerprint density at radius 3 is 1.72 bits per heavy atom. The Kier molecular flexibility index (Phi) is 5.66. The second kappa shape index (κ2) is 8.01. The van der Waals surface area contributed by atoms with Crippen LogP contribution in [-0.4, -0.2) is 36.7 Å². The molecule has 1 unspecified atom stereocenters. The van der Waals surface area contributed by atoms with Crippen LogP contribution in [0.25, 0.3) is 0 Å². The van der Waals surface area contributed by atoms with E-state index in [1.807, 2.05) is 30.3 Å². The zero-order valence-electron chi connectivity index (χ0n) is 16.7. The summed E-state index contributed by atoms with van der Waals surface area (Å²) in [5.41, 5.74) is -1.32. The number of rotatable bonds is 5. The van der Waals surface area contributed by atoms with Crippen molar-refractivity contribution in [3.63, 3.8) is 0 Å². The lowest BCUT2D eigenvalue weighted by Gasteiger charge is -2.46. The predicted molar refractivity (Wildman–Crippen MR) is 110 cm³/mol. The molecule has 0 saturated heterocycles. The molecule has 0 aliphatic heterocycles. The van der Waals surface area contributed by atoms with Crippen LogP contribution in [0, 0.1) is 0 Å². The maximum atomic E-state index is 12.4. The van der Waals surface area contributed by atoms with E-state index in [0.717, 1.165) is 0 Å². The van der Waals surface area contributed by atoms with Gasteiger partial charge in [0.15, 0.2) is 5.60 Å². The van der Waals surface area contributed by atoms with Gasteiger partial charge in [-0.2, -0.15) is 0 Å². The van der Waals surface area contributed by atoms with Gasteiger partial charge in [-0.25, -0.2) is 4.79 Å². The van der Waals surface area contributed by atoms with Crippen LogP contribution >= 0.6 is 0 Å². The molecule has 0 fully saturated rings. The molecule has 3 aromatic rings. The highest BCUT2D eigenvalue weighted by Crippen LogP contribution is 2.45. The number of aliphatic hydroxyl groups is 1. The van der Waals surface area contributed by atoms with Crippen LogP contribution in [0.5, 0.6) is 0 Å². The first-order valence-corrected chi connectivity index (χ1v) is 9.39. The van der Waals surface area contributed by atoms with Crippen LogP contribution in [0.2, 0.25) is 0 Å². The molecule has 0 radical (unpaired) electrons. The normalized spacial score (nSPS) is 13.0. The monoisotopic (exact) mass is 391 g/mol. The first kappa shape index (κ1) is 20.5. The van der Waals surface area contributed by atoms with Gasteiger partial charge in [0.05, 0.1) is 11.4 Å². The lowest BCUT2D eigenvalue weighted by molar-refractivity contribution is -0.0503. The number of pyridine rings is 2. The van der Waals surface area contributed by atoms with Gasteiger partial charge in [0.25, 0.3) is 0 Å². The third-order valence-corrected chi connectivity index (χ3v) is 4.81. The van der Waals surface area contributed by atoms with Crippen molar-refractivity contribution in [2.45, 2.75) is 38.0 Å². The Balaban J connectivity index is 2.37. The van der Waals surface area contributed by atoms with Crippen LogP contribution in [-0.2, 0) is 5.60 Å². The molecule has 1 atom stereocenters. The molecule has 0 aliphatic rings. The molecule has 1 aromatic carbocycles. The zero-order chi connectivity index (χ0) is 21.1. The average molecular weight is 391 g/mol. The highest BCUT2D eigenvalue weighted by atomic mass is 16.4. The van der Waals surface area contributed by atoms with Crippen LogP contribution in [0.3, 0.4) is 0 Å². The Labute approximate surface area is 170 Å². The topological polar surface area (TPSA) is 86.6 Å². The molecule has 1 amide bonds. The molecule has 2 aromatic heterocycles. The van der Waals surface area contributed by atoms with Crippen molar-refractivity contribution in [3.05, 3.63) is 96.1 Å². The van der Waals surface area contributed by atoms with Gasteiger partial charge in [-0.05, 0) is 50.6 Å². The number of carboxylic acid groups (broad SMARTS) is 1. The van der Waals surface area contributed by atoms with Gasteiger partial charge in [-0.3, -0.25) is 14.9 Å². The lowest BCUT2D eigenvalue weighted by Crippen LogP contribution is -2.55. The Bertz CT molecular complexity index is 902. The van der Waals surface area contributed by atoms with E-state index in [2.05, 4.69) is 9.97 Å². The first-order chi connectivity index (χ1) is 13.8. The lowest BCUT2D eigenvalue weighted by atomic mass is 9.79. The SMILES string of the molecule is CC(C)(C)N(C(=O)O)C(c1ccccc1)C(O)(c1ccccn1)c1ccccn1. The number of benzene rings is 1. The van der Waals surface area contributed by atoms with Crippen molar-refractivity contribution in [1.82, 2.24) is 14.9 Å². The van der Waals surface area contributed by atoms with Gasteiger partial charge in [0.1, 0.15) is 6.04 Å². The molecule has 0 saturated carbocycles. The van der Waals surface area contributed by atoms with E-state index in [-0.39, 0.29) is 0 Å². The van der Waals surface area contributed by atoms with E-state index in [0.29, 0.717) is 17.0 Å². The summed E-state index contributed by atoms with van der Waals surface area (Å²) in [4.78, 5) is 22.5. The fourth-order valence-electron chi connectivity index (χ4n) is 3.58. The number of hydrogen-bond donors (Lipinski definition) is 2. The van der Waals surface area contributed by atoms with Gasteiger partial charge < -0.3 is 10.2 Å². The molecule has 29 heavy (non-hydrogen) atoms. The summed E-state index contributed by atoms with van der Waals surface area (Å²) >= 11 is 0.